The highest BCUT2D eigenvalue weighted by molar-refractivity contribution is 7.89. The van der Waals surface area contributed by atoms with E-state index in [1.807, 2.05) is 12.1 Å². The van der Waals surface area contributed by atoms with Crippen LogP contribution in [0.4, 0.5) is 0 Å². The van der Waals surface area contributed by atoms with Crippen LogP contribution in [0.5, 0.6) is 23.0 Å². The first-order valence-corrected chi connectivity index (χ1v) is 10.0. The molecule has 2 aromatic rings. The van der Waals surface area contributed by atoms with Crippen LogP contribution in [0, 0.1) is 0 Å². The van der Waals surface area contributed by atoms with Gasteiger partial charge in [0.05, 0.1) is 19.1 Å². The van der Waals surface area contributed by atoms with Gasteiger partial charge in [0.25, 0.3) is 0 Å². The van der Waals surface area contributed by atoms with Crippen molar-refractivity contribution in [1.82, 2.24) is 4.31 Å². The molecule has 0 amide bonds. The summed E-state index contributed by atoms with van der Waals surface area (Å²) in [4.78, 5) is 0.152. The Balaban J connectivity index is 1.88. The van der Waals surface area contributed by atoms with Crippen LogP contribution in [-0.4, -0.2) is 46.7 Å². The molecule has 27 heavy (non-hydrogen) atoms. The summed E-state index contributed by atoms with van der Waals surface area (Å²) in [5, 5.41) is 0. The number of sulfonamides is 1. The number of fused-ring (bicyclic) bond motifs is 1. The molecular formula is C19H23NO6S. The molecule has 0 aromatic heterocycles. The maximum Gasteiger partial charge on any atom is 0.243 e. The number of hydrogen-bond donors (Lipinski definition) is 0. The minimum atomic E-state index is -3.70. The van der Waals surface area contributed by atoms with Gasteiger partial charge in [0.15, 0.2) is 23.0 Å². The third-order valence-corrected chi connectivity index (χ3v) is 6.23. The summed E-state index contributed by atoms with van der Waals surface area (Å²) in [5.41, 5.74) is 0.824. The van der Waals surface area contributed by atoms with E-state index in [2.05, 4.69) is 0 Å². The van der Waals surface area contributed by atoms with Crippen LogP contribution in [-0.2, 0) is 16.6 Å². The Kier molecular flexibility index (Phi) is 5.76. The molecule has 0 bridgehead atoms. The van der Waals surface area contributed by atoms with Crippen LogP contribution in [0.25, 0.3) is 0 Å². The second-order valence-corrected chi connectivity index (χ2v) is 7.86. The molecule has 0 N–H and O–H groups in total. The van der Waals surface area contributed by atoms with E-state index in [9.17, 15) is 8.42 Å². The molecule has 0 fully saturated rings. The summed E-state index contributed by atoms with van der Waals surface area (Å²) in [6, 6.07) is 10.1. The van der Waals surface area contributed by atoms with Crippen LogP contribution < -0.4 is 18.9 Å². The molecule has 0 radical (unpaired) electrons. The third kappa shape index (κ3) is 3.96. The predicted molar refractivity (Wildman–Crippen MR) is 100 cm³/mol. The van der Waals surface area contributed by atoms with Crippen molar-refractivity contribution < 1.29 is 27.4 Å². The first-order chi connectivity index (χ1) is 13.0. The zero-order valence-electron chi connectivity index (χ0n) is 15.6. The molecule has 8 heteroatoms. The van der Waals surface area contributed by atoms with Gasteiger partial charge in [-0.15, -0.1) is 0 Å². The maximum atomic E-state index is 13.1. The smallest absolute Gasteiger partial charge is 0.243 e. The molecule has 0 atom stereocenters. The lowest BCUT2D eigenvalue weighted by Gasteiger charge is -2.23. The fourth-order valence-electron chi connectivity index (χ4n) is 2.88. The summed E-state index contributed by atoms with van der Waals surface area (Å²) < 4.78 is 49.1. The van der Waals surface area contributed by atoms with E-state index in [0.717, 1.165) is 5.56 Å². The molecule has 1 aliphatic heterocycles. The fourth-order valence-corrected chi connectivity index (χ4v) is 4.34. The van der Waals surface area contributed by atoms with E-state index in [4.69, 9.17) is 18.9 Å². The van der Waals surface area contributed by atoms with E-state index in [1.54, 1.807) is 19.1 Å². The van der Waals surface area contributed by atoms with Crippen LogP contribution in [0.1, 0.15) is 12.5 Å². The molecule has 1 aliphatic rings. The molecule has 0 saturated heterocycles. The Morgan fingerprint density at radius 1 is 0.963 bits per heavy atom. The van der Waals surface area contributed by atoms with Gasteiger partial charge < -0.3 is 18.9 Å². The highest BCUT2D eigenvalue weighted by atomic mass is 32.2. The zero-order chi connectivity index (χ0) is 19.4. The summed E-state index contributed by atoms with van der Waals surface area (Å²) in [6.07, 6.45) is 0. The van der Waals surface area contributed by atoms with Crippen molar-refractivity contribution in [2.24, 2.45) is 0 Å². The Morgan fingerprint density at radius 3 is 2.33 bits per heavy atom. The van der Waals surface area contributed by atoms with Crippen molar-refractivity contribution in [1.29, 1.82) is 0 Å². The van der Waals surface area contributed by atoms with Crippen LogP contribution in [0.2, 0.25) is 0 Å². The summed E-state index contributed by atoms with van der Waals surface area (Å²) >= 11 is 0. The minimum absolute atomic E-state index is 0.152. The van der Waals surface area contributed by atoms with Gasteiger partial charge in [0.2, 0.25) is 10.0 Å². The zero-order valence-corrected chi connectivity index (χ0v) is 16.4. The maximum absolute atomic E-state index is 13.1. The monoisotopic (exact) mass is 393 g/mol. The van der Waals surface area contributed by atoms with Gasteiger partial charge in [0.1, 0.15) is 13.2 Å². The van der Waals surface area contributed by atoms with E-state index in [0.29, 0.717) is 42.8 Å². The molecule has 1 heterocycles. The normalized spacial score (nSPS) is 13.5. The predicted octanol–water partition coefficient (Wildman–Crippen LogP) is 2.69. The van der Waals surface area contributed by atoms with Crippen molar-refractivity contribution >= 4 is 10.0 Å². The van der Waals surface area contributed by atoms with Crippen LogP contribution in [0.15, 0.2) is 41.3 Å². The van der Waals surface area contributed by atoms with Gasteiger partial charge in [0, 0.05) is 19.2 Å². The van der Waals surface area contributed by atoms with Crippen molar-refractivity contribution in [3.8, 4) is 23.0 Å². The Morgan fingerprint density at radius 2 is 1.67 bits per heavy atom. The second kappa shape index (κ2) is 8.06. The molecule has 0 saturated carbocycles. The van der Waals surface area contributed by atoms with E-state index >= 15 is 0 Å². The Bertz CT molecular complexity index is 912. The number of rotatable bonds is 7. The number of methoxy groups -OCH3 is 2. The van der Waals surface area contributed by atoms with Gasteiger partial charge in [-0.1, -0.05) is 13.0 Å². The lowest BCUT2D eigenvalue weighted by atomic mass is 10.2. The van der Waals surface area contributed by atoms with Gasteiger partial charge in [-0.3, -0.25) is 0 Å². The highest BCUT2D eigenvalue weighted by Gasteiger charge is 2.25. The van der Waals surface area contributed by atoms with Gasteiger partial charge in [-0.05, 0) is 29.8 Å². The van der Waals surface area contributed by atoms with Gasteiger partial charge >= 0.3 is 0 Å². The number of ether oxygens (including phenoxy) is 4. The molecule has 3 rings (SSSR count). The first-order valence-electron chi connectivity index (χ1n) is 8.60. The van der Waals surface area contributed by atoms with Gasteiger partial charge in [-0.25, -0.2) is 8.42 Å². The minimum Gasteiger partial charge on any atom is -0.493 e. The van der Waals surface area contributed by atoms with Crippen molar-refractivity contribution in [3.05, 3.63) is 42.0 Å². The van der Waals surface area contributed by atoms with Crippen molar-refractivity contribution in [2.45, 2.75) is 18.4 Å². The standard InChI is InChI=1S/C19H23NO6S/c1-4-20(13-14-5-7-17-19(11-14)26-10-9-25-17)27(21,22)15-6-8-16(23-2)18(12-15)24-3/h5-8,11-12H,4,9-10,13H2,1-3H3. The molecule has 146 valence electrons. The molecule has 0 spiro atoms. The van der Waals surface area contributed by atoms with Crippen molar-refractivity contribution in [3.63, 3.8) is 0 Å². The lowest BCUT2D eigenvalue weighted by Crippen LogP contribution is -2.30. The molecule has 7 nitrogen and oxygen atoms in total. The molecule has 0 aliphatic carbocycles. The van der Waals surface area contributed by atoms with Crippen LogP contribution >= 0.6 is 0 Å². The number of nitrogens with zero attached hydrogens (tertiary/aromatic N) is 1. The van der Waals surface area contributed by atoms with Crippen LogP contribution in [0.3, 0.4) is 0 Å². The average molecular weight is 393 g/mol. The third-order valence-electron chi connectivity index (χ3n) is 4.31. The molecular weight excluding hydrogens is 370 g/mol. The largest absolute Gasteiger partial charge is 0.493 e. The van der Waals surface area contributed by atoms with E-state index < -0.39 is 10.0 Å². The summed E-state index contributed by atoms with van der Waals surface area (Å²) in [6.45, 7) is 3.35. The Hall–Kier alpha value is -2.45. The average Bonchev–Trinajstić information content (AvgIpc) is 2.71. The molecule has 2 aromatic carbocycles. The summed E-state index contributed by atoms with van der Waals surface area (Å²) in [5.74, 6) is 2.16. The molecule has 0 unspecified atom stereocenters. The lowest BCUT2D eigenvalue weighted by molar-refractivity contribution is 0.171. The van der Waals surface area contributed by atoms with E-state index in [-0.39, 0.29) is 11.4 Å². The highest BCUT2D eigenvalue weighted by Crippen LogP contribution is 2.33. The fraction of sp³-hybridized carbons (Fsp3) is 0.368. The number of hydrogen-bond acceptors (Lipinski definition) is 6. The SMILES string of the molecule is CCN(Cc1ccc2c(c1)OCCO2)S(=O)(=O)c1ccc(OC)c(OC)c1. The quantitative estimate of drug-likeness (QED) is 0.720. The number of benzene rings is 2. The second-order valence-electron chi connectivity index (χ2n) is 5.93. The topological polar surface area (TPSA) is 74.3 Å². The van der Waals surface area contributed by atoms with E-state index in [1.165, 1.54) is 30.7 Å². The van der Waals surface area contributed by atoms with Gasteiger partial charge in [-0.2, -0.15) is 4.31 Å². The Labute approximate surface area is 159 Å². The summed E-state index contributed by atoms with van der Waals surface area (Å²) in [7, 11) is -0.723. The van der Waals surface area contributed by atoms with Crippen molar-refractivity contribution in [2.75, 3.05) is 34.0 Å². The first kappa shape index (κ1) is 19.3.